The molecule has 0 amide bonds. The Kier molecular flexibility index (Phi) is 4.84. The number of aromatic carboxylic acids is 1. The number of hydrogen-bond acceptors (Lipinski definition) is 3. The topological polar surface area (TPSA) is 70.3 Å². The van der Waals surface area contributed by atoms with Gasteiger partial charge in [-0.05, 0) is 46.3 Å². The SMILES string of the molecule is N#Cc1ccc(COc2ccc(C(=O)O)cc2Br)c(Cl)c1. The quantitative estimate of drug-likeness (QED) is 0.878. The minimum atomic E-state index is -1.00. The number of carbonyl (C=O) groups is 1. The van der Waals surface area contributed by atoms with Crippen molar-refractivity contribution in [3.8, 4) is 11.8 Å². The number of ether oxygens (including phenoxy) is 1. The zero-order valence-electron chi connectivity index (χ0n) is 10.6. The lowest BCUT2D eigenvalue weighted by molar-refractivity contribution is 0.0696. The van der Waals surface area contributed by atoms with E-state index in [4.69, 9.17) is 26.7 Å². The average molecular weight is 367 g/mol. The molecule has 0 unspecified atom stereocenters. The minimum absolute atomic E-state index is 0.172. The largest absolute Gasteiger partial charge is 0.488 e. The molecule has 0 aromatic heterocycles. The van der Waals surface area contributed by atoms with Gasteiger partial charge >= 0.3 is 5.97 Å². The molecule has 0 aliphatic rings. The predicted octanol–water partition coefficient (Wildman–Crippen LogP) is 4.25. The molecule has 0 spiro atoms. The van der Waals surface area contributed by atoms with Gasteiger partial charge < -0.3 is 9.84 Å². The van der Waals surface area contributed by atoms with Crippen LogP contribution in [0.15, 0.2) is 40.9 Å². The molecule has 0 saturated carbocycles. The number of hydrogen-bond donors (Lipinski definition) is 1. The molecule has 106 valence electrons. The Hall–Kier alpha value is -2.03. The fraction of sp³-hybridized carbons (Fsp3) is 0.0667. The molecule has 2 rings (SSSR count). The highest BCUT2D eigenvalue weighted by atomic mass is 79.9. The van der Waals surface area contributed by atoms with Crippen LogP contribution in [0.1, 0.15) is 21.5 Å². The van der Waals surface area contributed by atoms with E-state index in [-0.39, 0.29) is 12.2 Å². The van der Waals surface area contributed by atoms with E-state index in [1.807, 2.05) is 6.07 Å². The van der Waals surface area contributed by atoms with Crippen molar-refractivity contribution < 1.29 is 14.6 Å². The molecule has 6 heteroatoms. The van der Waals surface area contributed by atoms with Gasteiger partial charge in [0.05, 0.1) is 21.7 Å². The standard InChI is InChI=1S/C15H9BrClNO3/c16-12-6-10(15(19)20)3-4-14(12)21-8-11-2-1-9(7-18)5-13(11)17/h1-6H,8H2,(H,19,20). The predicted molar refractivity (Wildman–Crippen MR) is 81.6 cm³/mol. The molecule has 4 nitrogen and oxygen atoms in total. The average Bonchev–Trinajstić information content (AvgIpc) is 2.46. The van der Waals surface area contributed by atoms with E-state index in [0.29, 0.717) is 20.8 Å². The van der Waals surface area contributed by atoms with Crippen molar-refractivity contribution in [1.82, 2.24) is 0 Å². The highest BCUT2D eigenvalue weighted by Crippen LogP contribution is 2.28. The molecule has 0 bridgehead atoms. The summed E-state index contributed by atoms with van der Waals surface area (Å²) >= 11 is 9.33. The Morgan fingerprint density at radius 1 is 1.33 bits per heavy atom. The lowest BCUT2D eigenvalue weighted by Crippen LogP contribution is -2.00. The Balaban J connectivity index is 2.13. The molecule has 2 aromatic rings. The number of carboxylic acid groups (broad SMARTS) is 1. The molecule has 21 heavy (non-hydrogen) atoms. The van der Waals surface area contributed by atoms with Crippen molar-refractivity contribution in [2.45, 2.75) is 6.61 Å². The maximum atomic E-state index is 10.8. The third-order valence-corrected chi connectivity index (χ3v) is 3.72. The number of nitrogens with zero attached hydrogens (tertiary/aromatic N) is 1. The zero-order chi connectivity index (χ0) is 15.4. The Bertz CT molecular complexity index is 740. The van der Waals surface area contributed by atoms with Crippen molar-refractivity contribution >= 4 is 33.5 Å². The molecule has 0 aliphatic carbocycles. The number of carboxylic acids is 1. The lowest BCUT2D eigenvalue weighted by Gasteiger charge is -2.10. The first-order valence-electron chi connectivity index (χ1n) is 5.85. The second kappa shape index (κ2) is 6.61. The second-order valence-corrected chi connectivity index (χ2v) is 5.42. The van der Waals surface area contributed by atoms with E-state index in [1.54, 1.807) is 24.3 Å². The monoisotopic (exact) mass is 365 g/mol. The van der Waals surface area contributed by atoms with Crippen LogP contribution in [0.4, 0.5) is 0 Å². The van der Waals surface area contributed by atoms with Gasteiger partial charge in [-0.15, -0.1) is 0 Å². The molecule has 0 radical (unpaired) electrons. The summed E-state index contributed by atoms with van der Waals surface area (Å²) in [6.45, 7) is 0.218. The Morgan fingerprint density at radius 3 is 2.67 bits per heavy atom. The van der Waals surface area contributed by atoms with Crippen molar-refractivity contribution in [3.05, 3.63) is 62.6 Å². The van der Waals surface area contributed by atoms with Gasteiger partial charge in [-0.25, -0.2) is 4.79 Å². The van der Waals surface area contributed by atoms with Gasteiger partial charge in [-0.1, -0.05) is 17.7 Å². The van der Waals surface area contributed by atoms with E-state index in [1.165, 1.54) is 12.1 Å². The molecular formula is C15H9BrClNO3. The summed E-state index contributed by atoms with van der Waals surface area (Å²) in [6.07, 6.45) is 0. The van der Waals surface area contributed by atoms with E-state index in [2.05, 4.69) is 15.9 Å². The highest BCUT2D eigenvalue weighted by molar-refractivity contribution is 9.10. The smallest absolute Gasteiger partial charge is 0.335 e. The zero-order valence-corrected chi connectivity index (χ0v) is 13.0. The summed E-state index contributed by atoms with van der Waals surface area (Å²) in [4.78, 5) is 10.8. The summed E-state index contributed by atoms with van der Waals surface area (Å²) in [5.74, 6) is -0.488. The Labute approximate surface area is 134 Å². The molecular weight excluding hydrogens is 358 g/mol. The number of halogens is 2. The second-order valence-electron chi connectivity index (χ2n) is 4.16. The van der Waals surface area contributed by atoms with Gasteiger partial charge in [0.15, 0.2) is 0 Å². The molecule has 0 fully saturated rings. The summed E-state index contributed by atoms with van der Waals surface area (Å²) in [7, 11) is 0. The third-order valence-electron chi connectivity index (χ3n) is 2.74. The van der Waals surface area contributed by atoms with Crippen LogP contribution < -0.4 is 4.74 Å². The highest BCUT2D eigenvalue weighted by Gasteiger charge is 2.09. The van der Waals surface area contributed by atoms with Crippen LogP contribution in [0.2, 0.25) is 5.02 Å². The van der Waals surface area contributed by atoms with E-state index < -0.39 is 5.97 Å². The first kappa shape index (κ1) is 15.4. The third kappa shape index (κ3) is 3.75. The van der Waals surface area contributed by atoms with Gasteiger partial charge in [0.1, 0.15) is 12.4 Å². The summed E-state index contributed by atoms with van der Waals surface area (Å²) < 4.78 is 6.15. The van der Waals surface area contributed by atoms with Crippen LogP contribution >= 0.6 is 27.5 Å². The van der Waals surface area contributed by atoms with Crippen molar-refractivity contribution in [1.29, 1.82) is 5.26 Å². The summed E-state index contributed by atoms with van der Waals surface area (Å²) in [6, 6.07) is 11.5. The molecule has 0 atom stereocenters. The fourth-order valence-corrected chi connectivity index (χ4v) is 2.37. The van der Waals surface area contributed by atoms with Crippen LogP contribution in [0.5, 0.6) is 5.75 Å². The maximum absolute atomic E-state index is 10.8. The first-order chi connectivity index (χ1) is 10.0. The Morgan fingerprint density at radius 2 is 2.10 bits per heavy atom. The van der Waals surface area contributed by atoms with Gasteiger partial charge in [-0.3, -0.25) is 0 Å². The fourth-order valence-electron chi connectivity index (χ4n) is 1.64. The van der Waals surface area contributed by atoms with Crippen molar-refractivity contribution in [2.24, 2.45) is 0 Å². The van der Waals surface area contributed by atoms with E-state index in [0.717, 1.165) is 5.56 Å². The normalized spacial score (nSPS) is 9.95. The van der Waals surface area contributed by atoms with Gasteiger partial charge in [0.25, 0.3) is 0 Å². The number of nitriles is 1. The van der Waals surface area contributed by atoms with Crippen molar-refractivity contribution in [3.63, 3.8) is 0 Å². The van der Waals surface area contributed by atoms with Gasteiger partial charge in [-0.2, -0.15) is 5.26 Å². The minimum Gasteiger partial charge on any atom is -0.488 e. The van der Waals surface area contributed by atoms with Crippen LogP contribution in [-0.4, -0.2) is 11.1 Å². The van der Waals surface area contributed by atoms with Crippen LogP contribution in [-0.2, 0) is 6.61 Å². The molecule has 0 heterocycles. The van der Waals surface area contributed by atoms with Gasteiger partial charge in [0.2, 0.25) is 0 Å². The maximum Gasteiger partial charge on any atom is 0.335 e. The van der Waals surface area contributed by atoms with E-state index >= 15 is 0 Å². The van der Waals surface area contributed by atoms with Crippen LogP contribution in [0.3, 0.4) is 0 Å². The molecule has 2 aromatic carbocycles. The number of rotatable bonds is 4. The molecule has 0 aliphatic heterocycles. The molecule has 1 N–H and O–H groups in total. The lowest BCUT2D eigenvalue weighted by atomic mass is 10.1. The van der Waals surface area contributed by atoms with Crippen LogP contribution in [0.25, 0.3) is 0 Å². The summed E-state index contributed by atoms with van der Waals surface area (Å²) in [5.41, 5.74) is 1.39. The van der Waals surface area contributed by atoms with Gasteiger partial charge in [0, 0.05) is 10.6 Å². The first-order valence-corrected chi connectivity index (χ1v) is 7.02. The van der Waals surface area contributed by atoms with Crippen molar-refractivity contribution in [2.75, 3.05) is 0 Å². The number of benzene rings is 2. The van der Waals surface area contributed by atoms with E-state index in [9.17, 15) is 4.79 Å². The van der Waals surface area contributed by atoms with Crippen LogP contribution in [0, 0.1) is 11.3 Å². The summed E-state index contributed by atoms with van der Waals surface area (Å²) in [5, 5.41) is 18.1. The molecule has 0 saturated heterocycles.